The normalized spacial score (nSPS) is 25.1. The highest BCUT2D eigenvalue weighted by Gasteiger charge is 2.28. The average Bonchev–Trinajstić information content (AvgIpc) is 2.87. The molecule has 0 amide bonds. The number of oxazole rings is 1. The van der Waals surface area contributed by atoms with Crippen LogP contribution < -0.4 is 5.32 Å². The van der Waals surface area contributed by atoms with Crippen LogP contribution in [0.1, 0.15) is 37.8 Å². The van der Waals surface area contributed by atoms with Crippen molar-refractivity contribution in [1.29, 1.82) is 0 Å². The van der Waals surface area contributed by atoms with E-state index in [0.29, 0.717) is 5.92 Å². The molecule has 1 aliphatic heterocycles. The summed E-state index contributed by atoms with van der Waals surface area (Å²) in [5.41, 5.74) is 0. The number of nitrogens with zero attached hydrogens (tertiary/aromatic N) is 1. The summed E-state index contributed by atoms with van der Waals surface area (Å²) in [6, 6.07) is 0. The molecule has 1 N–H and O–H groups in total. The first-order valence-corrected chi connectivity index (χ1v) is 6.08. The van der Waals surface area contributed by atoms with Crippen LogP contribution in [0.25, 0.3) is 0 Å². The summed E-state index contributed by atoms with van der Waals surface area (Å²) in [5, 5.41) is 3.26. The van der Waals surface area contributed by atoms with Crippen LogP contribution in [0.5, 0.6) is 0 Å². The molecule has 2 atom stereocenters. The first-order valence-electron chi connectivity index (χ1n) is 6.08. The van der Waals surface area contributed by atoms with E-state index in [1.807, 2.05) is 6.20 Å². The molecule has 2 rings (SSSR count). The second-order valence-electron chi connectivity index (χ2n) is 4.23. The van der Waals surface area contributed by atoms with Crippen molar-refractivity contribution in [3.8, 4) is 0 Å². The molecule has 1 aliphatic rings. The summed E-state index contributed by atoms with van der Waals surface area (Å²) < 4.78 is 11.3. The molecule has 0 bridgehead atoms. The smallest absolute Gasteiger partial charge is 0.195 e. The predicted octanol–water partition coefficient (Wildman–Crippen LogP) is 1.72. The van der Waals surface area contributed by atoms with E-state index < -0.39 is 0 Å². The van der Waals surface area contributed by atoms with Gasteiger partial charge in [0.1, 0.15) is 5.76 Å². The minimum Gasteiger partial charge on any atom is -0.445 e. The van der Waals surface area contributed by atoms with Gasteiger partial charge in [-0.1, -0.05) is 6.92 Å². The van der Waals surface area contributed by atoms with Crippen molar-refractivity contribution < 1.29 is 9.15 Å². The van der Waals surface area contributed by atoms with Gasteiger partial charge in [-0.15, -0.1) is 0 Å². The van der Waals surface area contributed by atoms with E-state index in [4.69, 9.17) is 9.15 Å². The third-order valence-electron chi connectivity index (χ3n) is 3.08. The Hall–Kier alpha value is -0.870. The highest BCUT2D eigenvalue weighted by Crippen LogP contribution is 2.31. The van der Waals surface area contributed by atoms with Crippen molar-refractivity contribution >= 4 is 0 Å². The molecule has 0 spiro atoms. The minimum atomic E-state index is 0.259. The van der Waals surface area contributed by atoms with E-state index in [2.05, 4.69) is 24.1 Å². The van der Waals surface area contributed by atoms with Crippen molar-refractivity contribution in [3.63, 3.8) is 0 Å². The second-order valence-corrected chi connectivity index (χ2v) is 4.23. The molecule has 1 fully saturated rings. The lowest BCUT2D eigenvalue weighted by molar-refractivity contribution is 0.115. The molecule has 0 aliphatic carbocycles. The number of hydrogen-bond acceptors (Lipinski definition) is 4. The number of nitrogens with one attached hydrogen (secondary N) is 1. The molecule has 90 valence electrons. The molecule has 1 aromatic rings. The monoisotopic (exact) mass is 224 g/mol. The first kappa shape index (κ1) is 11.6. The summed E-state index contributed by atoms with van der Waals surface area (Å²) in [6.07, 6.45) is 4.02. The van der Waals surface area contributed by atoms with E-state index in [0.717, 1.165) is 44.2 Å². The van der Waals surface area contributed by atoms with Gasteiger partial charge in [0.2, 0.25) is 0 Å². The van der Waals surface area contributed by atoms with Crippen molar-refractivity contribution in [2.45, 2.75) is 38.7 Å². The SMILES string of the molecule is CCNCCc1ncc(C2CCOC2C)o1. The maximum Gasteiger partial charge on any atom is 0.195 e. The molecule has 0 aromatic carbocycles. The van der Waals surface area contributed by atoms with Gasteiger partial charge in [0, 0.05) is 25.5 Å². The standard InChI is InChI=1S/C12H20N2O2/c1-3-13-6-4-12-14-8-11(16-12)10-5-7-15-9(10)2/h8-10,13H,3-7H2,1-2H3. The molecule has 2 unspecified atom stereocenters. The lowest BCUT2D eigenvalue weighted by Crippen LogP contribution is -2.16. The van der Waals surface area contributed by atoms with Crippen LogP contribution in [0, 0.1) is 0 Å². The average molecular weight is 224 g/mol. The Morgan fingerprint density at radius 1 is 1.56 bits per heavy atom. The Morgan fingerprint density at radius 3 is 3.12 bits per heavy atom. The zero-order valence-electron chi connectivity index (χ0n) is 10.0. The fourth-order valence-corrected chi connectivity index (χ4v) is 2.09. The van der Waals surface area contributed by atoms with Crippen LogP contribution in [0.4, 0.5) is 0 Å². The van der Waals surface area contributed by atoms with E-state index in [1.54, 1.807) is 0 Å². The molecule has 0 radical (unpaired) electrons. The fraction of sp³-hybridized carbons (Fsp3) is 0.750. The molecule has 2 heterocycles. The molecular formula is C12H20N2O2. The Balaban J connectivity index is 1.91. The topological polar surface area (TPSA) is 47.3 Å². The van der Waals surface area contributed by atoms with Crippen molar-refractivity contribution in [2.75, 3.05) is 19.7 Å². The molecular weight excluding hydrogens is 204 g/mol. The quantitative estimate of drug-likeness (QED) is 0.774. The third-order valence-corrected chi connectivity index (χ3v) is 3.08. The van der Waals surface area contributed by atoms with Crippen molar-refractivity contribution in [1.82, 2.24) is 10.3 Å². The maximum absolute atomic E-state index is 5.75. The Kier molecular flexibility index (Phi) is 3.96. The third kappa shape index (κ3) is 2.62. The molecule has 0 saturated carbocycles. The summed E-state index contributed by atoms with van der Waals surface area (Å²) in [5.74, 6) is 2.20. The van der Waals surface area contributed by atoms with E-state index >= 15 is 0 Å². The summed E-state index contributed by atoms with van der Waals surface area (Å²) in [4.78, 5) is 4.30. The zero-order valence-corrected chi connectivity index (χ0v) is 10.0. The van der Waals surface area contributed by atoms with E-state index in [9.17, 15) is 0 Å². The van der Waals surface area contributed by atoms with Gasteiger partial charge in [-0.05, 0) is 19.9 Å². The van der Waals surface area contributed by atoms with Crippen molar-refractivity contribution in [3.05, 3.63) is 17.8 Å². The number of aromatic nitrogens is 1. The van der Waals surface area contributed by atoms with E-state index in [1.165, 1.54) is 0 Å². The summed E-state index contributed by atoms with van der Waals surface area (Å²) in [7, 11) is 0. The molecule has 1 saturated heterocycles. The molecule has 16 heavy (non-hydrogen) atoms. The van der Waals surface area contributed by atoms with Gasteiger partial charge < -0.3 is 14.5 Å². The highest BCUT2D eigenvalue weighted by molar-refractivity contribution is 5.06. The summed E-state index contributed by atoms with van der Waals surface area (Å²) >= 11 is 0. The first-order chi connectivity index (χ1) is 7.81. The minimum absolute atomic E-state index is 0.259. The van der Waals surface area contributed by atoms with Crippen LogP contribution in [0.15, 0.2) is 10.6 Å². The van der Waals surface area contributed by atoms with Crippen LogP contribution in [0.3, 0.4) is 0 Å². The largest absolute Gasteiger partial charge is 0.445 e. The van der Waals surface area contributed by atoms with Gasteiger partial charge in [-0.2, -0.15) is 0 Å². The molecule has 4 nitrogen and oxygen atoms in total. The predicted molar refractivity (Wildman–Crippen MR) is 61.5 cm³/mol. The number of likely N-dealkylation sites (N-methyl/N-ethyl adjacent to an activating group) is 1. The lowest BCUT2D eigenvalue weighted by Gasteiger charge is -2.09. The van der Waals surface area contributed by atoms with Gasteiger partial charge in [0.05, 0.1) is 12.3 Å². The van der Waals surface area contributed by atoms with E-state index in [-0.39, 0.29) is 6.10 Å². The van der Waals surface area contributed by atoms with Gasteiger partial charge in [-0.25, -0.2) is 4.98 Å². The van der Waals surface area contributed by atoms with Crippen LogP contribution in [-0.2, 0) is 11.2 Å². The summed E-state index contributed by atoms with van der Waals surface area (Å²) in [6.45, 7) is 6.94. The van der Waals surface area contributed by atoms with Crippen molar-refractivity contribution in [2.24, 2.45) is 0 Å². The highest BCUT2D eigenvalue weighted by atomic mass is 16.5. The molecule has 4 heteroatoms. The fourth-order valence-electron chi connectivity index (χ4n) is 2.09. The maximum atomic E-state index is 5.75. The second kappa shape index (κ2) is 5.46. The van der Waals surface area contributed by atoms with Gasteiger partial charge >= 0.3 is 0 Å². The van der Waals surface area contributed by atoms with Crippen LogP contribution >= 0.6 is 0 Å². The van der Waals surface area contributed by atoms with Gasteiger partial charge in [-0.3, -0.25) is 0 Å². The zero-order chi connectivity index (χ0) is 11.4. The number of rotatable bonds is 5. The number of hydrogen-bond donors (Lipinski definition) is 1. The molecule has 1 aromatic heterocycles. The Morgan fingerprint density at radius 2 is 2.44 bits per heavy atom. The Labute approximate surface area is 96.4 Å². The van der Waals surface area contributed by atoms with Gasteiger partial charge in [0.15, 0.2) is 5.89 Å². The van der Waals surface area contributed by atoms with Crippen LogP contribution in [-0.4, -0.2) is 30.8 Å². The number of ether oxygens (including phenoxy) is 1. The van der Waals surface area contributed by atoms with Crippen LogP contribution in [0.2, 0.25) is 0 Å². The van der Waals surface area contributed by atoms with Gasteiger partial charge in [0.25, 0.3) is 0 Å². The lowest BCUT2D eigenvalue weighted by atomic mass is 10.0. The Bertz CT molecular complexity index is 325.